The van der Waals surface area contributed by atoms with Gasteiger partial charge in [-0.1, -0.05) is 30.2 Å². The van der Waals surface area contributed by atoms with E-state index in [1.807, 2.05) is 12.1 Å². The fraction of sp³-hybridized carbons (Fsp3) is 0.520. The summed E-state index contributed by atoms with van der Waals surface area (Å²) >= 11 is 6.11. The van der Waals surface area contributed by atoms with Crippen LogP contribution in [0.2, 0.25) is 5.02 Å². The largest absolute Gasteiger partial charge is 0.493 e. The maximum Gasteiger partial charge on any atom is 0.416 e. The molecule has 1 N–H and O–H groups in total. The summed E-state index contributed by atoms with van der Waals surface area (Å²) in [4.78, 5) is 2.43. The fourth-order valence-corrected chi connectivity index (χ4v) is 5.18. The van der Waals surface area contributed by atoms with Gasteiger partial charge < -0.3 is 9.84 Å². The molecule has 4 rings (SSSR count). The molecule has 1 heterocycles. The smallest absolute Gasteiger partial charge is 0.416 e. The van der Waals surface area contributed by atoms with Crippen LogP contribution < -0.4 is 4.74 Å². The van der Waals surface area contributed by atoms with E-state index in [2.05, 4.69) is 17.0 Å². The number of hydrogen-bond acceptors (Lipinski definition) is 3. The third-order valence-corrected chi connectivity index (χ3v) is 7.21. The van der Waals surface area contributed by atoms with Gasteiger partial charge in [0.05, 0.1) is 18.8 Å². The predicted octanol–water partition coefficient (Wildman–Crippen LogP) is 6.35. The number of benzene rings is 2. The number of nitrogens with zero attached hydrogens (tertiary/aromatic N) is 1. The average Bonchev–Trinajstić information content (AvgIpc) is 2.75. The second-order valence-corrected chi connectivity index (χ2v) is 9.35. The van der Waals surface area contributed by atoms with Crippen LogP contribution in [0.3, 0.4) is 0 Å². The van der Waals surface area contributed by atoms with Crippen LogP contribution in [0.1, 0.15) is 49.3 Å². The highest BCUT2D eigenvalue weighted by atomic mass is 35.5. The van der Waals surface area contributed by atoms with Crippen molar-refractivity contribution in [1.82, 2.24) is 4.90 Å². The lowest BCUT2D eigenvalue weighted by Gasteiger charge is -2.49. The zero-order valence-corrected chi connectivity index (χ0v) is 18.7. The Morgan fingerprint density at radius 3 is 2.25 bits per heavy atom. The number of likely N-dealkylation sites (tertiary alicyclic amines) is 1. The maximum absolute atomic E-state index is 12.8. The summed E-state index contributed by atoms with van der Waals surface area (Å²) < 4.78 is 44.2. The van der Waals surface area contributed by atoms with Crippen molar-refractivity contribution in [2.75, 3.05) is 19.8 Å². The number of aliphatic hydroxyl groups is 1. The van der Waals surface area contributed by atoms with Crippen molar-refractivity contribution >= 4 is 11.6 Å². The zero-order chi connectivity index (χ0) is 22.7. The van der Waals surface area contributed by atoms with Gasteiger partial charge in [-0.15, -0.1) is 0 Å². The number of ether oxygens (including phenoxy) is 1. The van der Waals surface area contributed by atoms with Gasteiger partial charge in [-0.3, -0.25) is 4.90 Å². The SMILES string of the molecule is OCC1C(COc2ccc(C(F)(F)F)cc2)CCCN1C(c1ccc(Cl)cc1)C1CCC1. The normalized spacial score (nSPS) is 23.5. The Hall–Kier alpha value is -1.76. The van der Waals surface area contributed by atoms with Crippen molar-refractivity contribution in [3.8, 4) is 5.75 Å². The molecule has 2 aromatic carbocycles. The van der Waals surface area contributed by atoms with E-state index in [4.69, 9.17) is 16.3 Å². The lowest BCUT2D eigenvalue weighted by molar-refractivity contribution is -0.137. The number of piperidine rings is 1. The van der Waals surface area contributed by atoms with E-state index in [0.29, 0.717) is 23.3 Å². The lowest BCUT2D eigenvalue weighted by Crippen LogP contribution is -2.52. The molecule has 0 radical (unpaired) electrons. The van der Waals surface area contributed by atoms with E-state index in [-0.39, 0.29) is 24.6 Å². The van der Waals surface area contributed by atoms with Crippen molar-refractivity contribution in [3.05, 3.63) is 64.7 Å². The summed E-state index contributed by atoms with van der Waals surface area (Å²) in [7, 11) is 0. The van der Waals surface area contributed by atoms with Crippen LogP contribution in [0.25, 0.3) is 0 Å². The second kappa shape index (κ2) is 10.0. The summed E-state index contributed by atoms with van der Waals surface area (Å²) in [6.07, 6.45) is 1.13. The molecular weight excluding hydrogens is 439 g/mol. The number of halogens is 4. The van der Waals surface area contributed by atoms with E-state index in [1.165, 1.54) is 37.0 Å². The van der Waals surface area contributed by atoms with Gasteiger partial charge >= 0.3 is 6.18 Å². The molecule has 1 saturated heterocycles. The van der Waals surface area contributed by atoms with Crippen LogP contribution in [0, 0.1) is 11.8 Å². The summed E-state index contributed by atoms with van der Waals surface area (Å²) in [6, 6.07) is 13.0. The minimum atomic E-state index is -4.36. The third-order valence-electron chi connectivity index (χ3n) is 6.96. The molecule has 2 aromatic rings. The van der Waals surface area contributed by atoms with E-state index < -0.39 is 11.7 Å². The Balaban J connectivity index is 1.47. The van der Waals surface area contributed by atoms with Crippen LogP contribution in [0.5, 0.6) is 5.75 Å². The Morgan fingerprint density at radius 1 is 1.00 bits per heavy atom. The minimum Gasteiger partial charge on any atom is -0.493 e. The standard InChI is InChI=1S/C25H29ClF3NO2/c26-21-10-6-18(7-11-21)24(17-3-1-4-17)30-14-2-5-19(23(30)15-31)16-32-22-12-8-20(9-13-22)25(27,28)29/h6-13,17,19,23-24,31H,1-5,14-16H2. The first-order valence-corrected chi connectivity index (χ1v) is 11.7. The van der Waals surface area contributed by atoms with Crippen molar-refractivity contribution < 1.29 is 23.0 Å². The first-order valence-electron chi connectivity index (χ1n) is 11.3. The molecule has 0 amide bonds. The number of aliphatic hydroxyl groups excluding tert-OH is 1. The lowest BCUT2D eigenvalue weighted by atomic mass is 9.74. The fourth-order valence-electron chi connectivity index (χ4n) is 5.05. The molecule has 32 heavy (non-hydrogen) atoms. The molecule has 1 saturated carbocycles. The molecule has 0 aromatic heterocycles. The molecule has 3 unspecified atom stereocenters. The van der Waals surface area contributed by atoms with E-state index in [0.717, 1.165) is 31.5 Å². The summed E-state index contributed by atoms with van der Waals surface area (Å²) in [5.74, 6) is 1.07. The predicted molar refractivity (Wildman–Crippen MR) is 119 cm³/mol. The van der Waals surface area contributed by atoms with Gasteiger partial charge in [0.15, 0.2) is 0 Å². The van der Waals surface area contributed by atoms with Crippen LogP contribution in [0.15, 0.2) is 48.5 Å². The van der Waals surface area contributed by atoms with Crippen molar-refractivity contribution in [1.29, 1.82) is 0 Å². The molecule has 1 aliphatic heterocycles. The highest BCUT2D eigenvalue weighted by Gasteiger charge is 2.40. The van der Waals surface area contributed by atoms with E-state index in [9.17, 15) is 18.3 Å². The summed E-state index contributed by atoms with van der Waals surface area (Å²) in [5.41, 5.74) is 0.537. The first kappa shape index (κ1) is 23.4. The molecule has 2 aliphatic rings. The van der Waals surface area contributed by atoms with Crippen LogP contribution in [-0.2, 0) is 6.18 Å². The van der Waals surface area contributed by atoms with E-state index in [1.54, 1.807) is 0 Å². The molecular formula is C25H29ClF3NO2. The number of hydrogen-bond donors (Lipinski definition) is 1. The van der Waals surface area contributed by atoms with Gasteiger partial charge in [-0.05, 0) is 80.1 Å². The molecule has 2 fully saturated rings. The van der Waals surface area contributed by atoms with Gasteiger partial charge in [0.25, 0.3) is 0 Å². The quantitative estimate of drug-likeness (QED) is 0.515. The highest BCUT2D eigenvalue weighted by molar-refractivity contribution is 6.30. The van der Waals surface area contributed by atoms with Gasteiger partial charge in [0.1, 0.15) is 5.75 Å². The van der Waals surface area contributed by atoms with E-state index >= 15 is 0 Å². The zero-order valence-electron chi connectivity index (χ0n) is 17.9. The molecule has 0 bridgehead atoms. The third kappa shape index (κ3) is 5.24. The Bertz CT molecular complexity index is 868. The summed E-state index contributed by atoms with van der Waals surface area (Å²) in [5, 5.41) is 11.0. The van der Waals surface area contributed by atoms with Crippen LogP contribution in [0.4, 0.5) is 13.2 Å². The second-order valence-electron chi connectivity index (χ2n) is 8.91. The Labute approximate surface area is 192 Å². The first-order chi connectivity index (χ1) is 15.4. The molecule has 3 atom stereocenters. The average molecular weight is 468 g/mol. The molecule has 1 aliphatic carbocycles. The van der Waals surface area contributed by atoms with Crippen molar-refractivity contribution in [3.63, 3.8) is 0 Å². The monoisotopic (exact) mass is 467 g/mol. The highest BCUT2D eigenvalue weighted by Crippen LogP contribution is 2.44. The minimum absolute atomic E-state index is 0.0256. The topological polar surface area (TPSA) is 32.7 Å². The molecule has 174 valence electrons. The van der Waals surface area contributed by atoms with Crippen LogP contribution >= 0.6 is 11.6 Å². The molecule has 0 spiro atoms. The van der Waals surface area contributed by atoms with Crippen molar-refractivity contribution in [2.24, 2.45) is 11.8 Å². The number of alkyl halides is 3. The molecule has 3 nitrogen and oxygen atoms in total. The molecule has 7 heteroatoms. The van der Waals surface area contributed by atoms with Gasteiger partial charge in [-0.2, -0.15) is 13.2 Å². The Kier molecular flexibility index (Phi) is 7.33. The van der Waals surface area contributed by atoms with Gasteiger partial charge in [0, 0.05) is 23.0 Å². The summed E-state index contributed by atoms with van der Waals surface area (Å²) in [6.45, 7) is 1.30. The van der Waals surface area contributed by atoms with Crippen molar-refractivity contribution in [2.45, 2.75) is 50.4 Å². The Morgan fingerprint density at radius 2 is 1.69 bits per heavy atom. The maximum atomic E-state index is 12.8. The van der Waals surface area contributed by atoms with Crippen LogP contribution in [-0.4, -0.2) is 35.8 Å². The number of rotatable bonds is 7. The van der Waals surface area contributed by atoms with Gasteiger partial charge in [-0.25, -0.2) is 0 Å². The van der Waals surface area contributed by atoms with Gasteiger partial charge in [0.2, 0.25) is 0 Å².